The van der Waals surface area contributed by atoms with Crippen LogP contribution in [0.1, 0.15) is 18.1 Å². The summed E-state index contributed by atoms with van der Waals surface area (Å²) >= 11 is 0. The molecule has 0 saturated heterocycles. The van der Waals surface area contributed by atoms with Gasteiger partial charge in [-0.15, -0.1) is 0 Å². The molecule has 6 heteroatoms. The quantitative estimate of drug-likeness (QED) is 0.611. The fourth-order valence-corrected chi connectivity index (χ4v) is 1.89. The van der Waals surface area contributed by atoms with Gasteiger partial charge in [-0.1, -0.05) is 25.1 Å². The van der Waals surface area contributed by atoms with Gasteiger partial charge in [0, 0.05) is 19.9 Å². The van der Waals surface area contributed by atoms with E-state index in [0.717, 1.165) is 17.5 Å². The maximum atomic E-state index is 11.9. The van der Waals surface area contributed by atoms with Gasteiger partial charge in [-0.25, -0.2) is 0 Å². The van der Waals surface area contributed by atoms with Crippen molar-refractivity contribution >= 4 is 17.5 Å². The van der Waals surface area contributed by atoms with Gasteiger partial charge in [0.05, 0.1) is 6.54 Å². The van der Waals surface area contributed by atoms with E-state index in [1.54, 1.807) is 0 Å². The van der Waals surface area contributed by atoms with E-state index in [-0.39, 0.29) is 6.54 Å². The smallest absolute Gasteiger partial charge is 0.313 e. The van der Waals surface area contributed by atoms with Crippen molar-refractivity contribution in [2.45, 2.75) is 26.6 Å². The monoisotopic (exact) mass is 294 g/mol. The van der Waals surface area contributed by atoms with Gasteiger partial charge in [0.2, 0.25) is 0 Å². The number of carbonyl (C=O) groups is 2. The summed E-state index contributed by atoms with van der Waals surface area (Å²) in [6.45, 7) is 3.98. The highest BCUT2D eigenvalue weighted by molar-refractivity contribution is 6.39. The Bertz CT molecular complexity index is 498. The molecule has 0 spiro atoms. The molecule has 0 saturated carbocycles. The van der Waals surface area contributed by atoms with E-state index in [0.29, 0.717) is 5.69 Å². The van der Waals surface area contributed by atoms with Gasteiger partial charge in [0.1, 0.15) is 0 Å². The second-order valence-corrected chi connectivity index (χ2v) is 4.53. The molecule has 1 aromatic carbocycles. The summed E-state index contributed by atoms with van der Waals surface area (Å²) in [6.07, 6.45) is 0.195. The van der Waals surface area contributed by atoms with Gasteiger partial charge >= 0.3 is 11.8 Å². The number of hydrogen-bond donors (Lipinski definition) is 2. The summed E-state index contributed by atoms with van der Waals surface area (Å²) in [5.74, 6) is -1.43. The number of anilines is 1. The van der Waals surface area contributed by atoms with E-state index >= 15 is 0 Å². The van der Waals surface area contributed by atoms with Crippen LogP contribution in [0.5, 0.6) is 0 Å². The molecule has 1 aromatic rings. The molecular formula is C15H22N2O4. The van der Waals surface area contributed by atoms with Gasteiger partial charge in [-0.3, -0.25) is 9.59 Å². The Labute approximate surface area is 124 Å². The van der Waals surface area contributed by atoms with Crippen molar-refractivity contribution in [3.8, 4) is 0 Å². The number of amides is 2. The van der Waals surface area contributed by atoms with Crippen LogP contribution in [-0.2, 0) is 25.5 Å². The van der Waals surface area contributed by atoms with Crippen LogP contribution in [0, 0.1) is 6.92 Å². The molecule has 0 bridgehead atoms. The summed E-state index contributed by atoms with van der Waals surface area (Å²) in [6, 6.07) is 5.73. The van der Waals surface area contributed by atoms with Crippen molar-refractivity contribution in [1.29, 1.82) is 0 Å². The van der Waals surface area contributed by atoms with Gasteiger partial charge < -0.3 is 20.1 Å². The van der Waals surface area contributed by atoms with E-state index in [2.05, 4.69) is 10.6 Å². The molecule has 0 aliphatic heterocycles. The Hall–Kier alpha value is -1.92. The molecule has 0 aliphatic carbocycles. The standard InChI is InChI=1S/C15H22N2O4/c1-5-11-8-6-7-10(2)13(11)17-15(19)14(18)16-9-12(20-3)21-4/h6-8,12H,5,9H2,1-4H3,(H,16,18)(H,17,19). The molecule has 6 nitrogen and oxygen atoms in total. The highest BCUT2D eigenvalue weighted by Gasteiger charge is 2.17. The topological polar surface area (TPSA) is 76.7 Å². The molecule has 0 radical (unpaired) electrons. The summed E-state index contributed by atoms with van der Waals surface area (Å²) < 4.78 is 9.87. The summed E-state index contributed by atoms with van der Waals surface area (Å²) in [5, 5.41) is 5.12. The number of hydrogen-bond acceptors (Lipinski definition) is 4. The molecule has 0 atom stereocenters. The van der Waals surface area contributed by atoms with E-state index in [9.17, 15) is 9.59 Å². The number of methoxy groups -OCH3 is 2. The molecule has 116 valence electrons. The molecule has 0 heterocycles. The predicted octanol–water partition coefficient (Wildman–Crippen LogP) is 1.23. The second-order valence-electron chi connectivity index (χ2n) is 4.53. The van der Waals surface area contributed by atoms with Crippen molar-refractivity contribution in [1.82, 2.24) is 5.32 Å². The molecule has 0 unspecified atom stereocenters. The second kappa shape index (κ2) is 8.39. The lowest BCUT2D eigenvalue weighted by Crippen LogP contribution is -2.40. The Morgan fingerprint density at radius 2 is 1.86 bits per heavy atom. The van der Waals surface area contributed by atoms with Gasteiger partial charge in [-0.05, 0) is 24.5 Å². The third-order valence-electron chi connectivity index (χ3n) is 3.14. The number of benzene rings is 1. The van der Waals surface area contributed by atoms with Crippen LogP contribution < -0.4 is 10.6 Å². The molecule has 0 aliphatic rings. The first kappa shape index (κ1) is 17.1. The lowest BCUT2D eigenvalue weighted by atomic mass is 10.1. The molecule has 1 rings (SSSR count). The number of nitrogens with one attached hydrogen (secondary N) is 2. The fourth-order valence-electron chi connectivity index (χ4n) is 1.89. The minimum absolute atomic E-state index is 0.105. The van der Waals surface area contributed by atoms with E-state index in [1.807, 2.05) is 32.0 Å². The zero-order chi connectivity index (χ0) is 15.8. The largest absolute Gasteiger partial charge is 0.354 e. The number of ether oxygens (including phenoxy) is 2. The Morgan fingerprint density at radius 3 is 2.43 bits per heavy atom. The lowest BCUT2D eigenvalue weighted by molar-refractivity contribution is -0.139. The Kier molecular flexibility index (Phi) is 6.84. The number of aryl methyl sites for hydroxylation is 2. The van der Waals surface area contributed by atoms with Crippen LogP contribution >= 0.6 is 0 Å². The minimum Gasteiger partial charge on any atom is -0.354 e. The van der Waals surface area contributed by atoms with Crippen LogP contribution in [-0.4, -0.2) is 38.9 Å². The average Bonchev–Trinajstić information content (AvgIpc) is 2.49. The van der Waals surface area contributed by atoms with E-state index in [4.69, 9.17) is 9.47 Å². The van der Waals surface area contributed by atoms with Crippen LogP contribution in [0.25, 0.3) is 0 Å². The van der Waals surface area contributed by atoms with E-state index in [1.165, 1.54) is 14.2 Å². The molecular weight excluding hydrogens is 272 g/mol. The molecule has 0 fully saturated rings. The third kappa shape index (κ3) is 4.84. The minimum atomic E-state index is -0.723. The lowest BCUT2D eigenvalue weighted by Gasteiger charge is -2.15. The molecule has 21 heavy (non-hydrogen) atoms. The number of carbonyl (C=O) groups excluding carboxylic acids is 2. The van der Waals surface area contributed by atoms with Crippen LogP contribution in [0.3, 0.4) is 0 Å². The molecule has 2 amide bonds. The van der Waals surface area contributed by atoms with Crippen LogP contribution in [0.2, 0.25) is 0 Å². The average molecular weight is 294 g/mol. The SMILES string of the molecule is CCc1cccc(C)c1NC(=O)C(=O)NCC(OC)OC. The van der Waals surface area contributed by atoms with Gasteiger partial charge in [-0.2, -0.15) is 0 Å². The fraction of sp³-hybridized carbons (Fsp3) is 0.467. The van der Waals surface area contributed by atoms with Crippen molar-refractivity contribution < 1.29 is 19.1 Å². The van der Waals surface area contributed by atoms with Crippen molar-refractivity contribution in [2.75, 3.05) is 26.1 Å². The first-order chi connectivity index (χ1) is 10.0. The summed E-state index contributed by atoms with van der Waals surface area (Å²) in [7, 11) is 2.92. The predicted molar refractivity (Wildman–Crippen MR) is 80.0 cm³/mol. The van der Waals surface area contributed by atoms with Crippen LogP contribution in [0.4, 0.5) is 5.69 Å². The highest BCUT2D eigenvalue weighted by atomic mass is 16.7. The van der Waals surface area contributed by atoms with Crippen molar-refractivity contribution in [3.63, 3.8) is 0 Å². The van der Waals surface area contributed by atoms with Crippen molar-refractivity contribution in [3.05, 3.63) is 29.3 Å². The molecule has 2 N–H and O–H groups in total. The summed E-state index contributed by atoms with van der Waals surface area (Å²) in [4.78, 5) is 23.7. The van der Waals surface area contributed by atoms with Crippen LogP contribution in [0.15, 0.2) is 18.2 Å². The van der Waals surface area contributed by atoms with E-state index < -0.39 is 18.1 Å². The normalized spacial score (nSPS) is 10.5. The summed E-state index contributed by atoms with van der Waals surface area (Å²) in [5.41, 5.74) is 2.60. The third-order valence-corrected chi connectivity index (χ3v) is 3.14. The number of para-hydroxylation sites is 1. The maximum absolute atomic E-state index is 11.9. The first-order valence-corrected chi connectivity index (χ1v) is 6.76. The Morgan fingerprint density at radius 1 is 1.19 bits per heavy atom. The molecule has 0 aromatic heterocycles. The number of rotatable bonds is 6. The highest BCUT2D eigenvalue weighted by Crippen LogP contribution is 2.20. The zero-order valence-corrected chi connectivity index (χ0v) is 12.9. The van der Waals surface area contributed by atoms with Gasteiger partial charge in [0.25, 0.3) is 0 Å². The first-order valence-electron chi connectivity index (χ1n) is 6.76. The maximum Gasteiger partial charge on any atom is 0.313 e. The van der Waals surface area contributed by atoms with Crippen molar-refractivity contribution in [2.24, 2.45) is 0 Å². The zero-order valence-electron chi connectivity index (χ0n) is 12.9. The Balaban J connectivity index is 2.67. The van der Waals surface area contributed by atoms with Gasteiger partial charge in [0.15, 0.2) is 6.29 Å².